The number of oxazole rings is 1. The zero-order valence-electron chi connectivity index (χ0n) is 25.3. The predicted molar refractivity (Wildman–Crippen MR) is 164 cm³/mol. The molecule has 2 N–H and O–H groups in total. The molecule has 1 aliphatic carbocycles. The predicted octanol–water partition coefficient (Wildman–Crippen LogP) is 6.95. The van der Waals surface area contributed by atoms with Crippen molar-refractivity contribution in [1.29, 1.82) is 10.5 Å². The van der Waals surface area contributed by atoms with Crippen molar-refractivity contribution in [3.8, 4) is 23.6 Å². The Balaban J connectivity index is 1.50. The highest BCUT2D eigenvalue weighted by atomic mass is 19.3. The molecule has 1 fully saturated rings. The van der Waals surface area contributed by atoms with E-state index in [-0.39, 0.29) is 5.41 Å². The van der Waals surface area contributed by atoms with E-state index in [9.17, 15) is 19.3 Å². The van der Waals surface area contributed by atoms with E-state index in [0.29, 0.717) is 64.4 Å². The molecule has 1 atom stereocenters. The number of hydrogen-bond acceptors (Lipinski definition) is 9. The molecule has 45 heavy (non-hydrogen) atoms. The number of nitriles is 2. The summed E-state index contributed by atoms with van der Waals surface area (Å²) in [6.07, 6.45) is 4.15. The molecule has 2 aromatic carbocycles. The van der Waals surface area contributed by atoms with Crippen molar-refractivity contribution in [3.05, 3.63) is 83.1 Å². The van der Waals surface area contributed by atoms with Crippen molar-refractivity contribution in [1.82, 2.24) is 25.0 Å². The van der Waals surface area contributed by atoms with Crippen LogP contribution in [0.1, 0.15) is 67.6 Å². The van der Waals surface area contributed by atoms with E-state index in [1.807, 2.05) is 31.2 Å². The molecule has 0 radical (unpaired) electrons. The van der Waals surface area contributed by atoms with Crippen LogP contribution in [0.15, 0.2) is 59.6 Å². The molecule has 0 bridgehead atoms. The summed E-state index contributed by atoms with van der Waals surface area (Å²) < 4.78 is 34.8. The maximum atomic E-state index is 14.0. The normalized spacial score (nSPS) is 14.6. The third-order valence-electron chi connectivity index (χ3n) is 8.10. The van der Waals surface area contributed by atoms with Crippen LogP contribution in [0.25, 0.3) is 22.4 Å². The van der Waals surface area contributed by atoms with Gasteiger partial charge in [0.05, 0.1) is 40.8 Å². The number of nitrogens with one attached hydrogen (secondary N) is 2. The zero-order valence-corrected chi connectivity index (χ0v) is 25.3. The Hall–Kier alpha value is -5.36. The average molecular weight is 608 g/mol. The largest absolute Gasteiger partial charge is 0.445 e. The van der Waals surface area contributed by atoms with Gasteiger partial charge in [-0.15, -0.1) is 5.10 Å². The van der Waals surface area contributed by atoms with Gasteiger partial charge in [0.1, 0.15) is 29.6 Å². The number of rotatable bonds is 9. The minimum Gasteiger partial charge on any atom is -0.445 e. The molecule has 0 spiro atoms. The second kappa shape index (κ2) is 11.3. The first-order valence-corrected chi connectivity index (χ1v) is 14.5. The number of halogens is 2. The van der Waals surface area contributed by atoms with Crippen molar-refractivity contribution in [2.45, 2.75) is 58.5 Å². The zero-order chi connectivity index (χ0) is 31.9. The van der Waals surface area contributed by atoms with E-state index in [4.69, 9.17) is 4.42 Å². The lowest BCUT2D eigenvalue weighted by molar-refractivity contribution is 0.0593. The molecule has 12 heteroatoms. The van der Waals surface area contributed by atoms with Gasteiger partial charge >= 0.3 is 0 Å². The van der Waals surface area contributed by atoms with Crippen molar-refractivity contribution in [2.75, 3.05) is 17.2 Å². The second-order valence-corrected chi connectivity index (χ2v) is 12.5. The van der Waals surface area contributed by atoms with Crippen molar-refractivity contribution in [3.63, 3.8) is 0 Å². The third kappa shape index (κ3) is 5.55. The van der Waals surface area contributed by atoms with E-state index >= 15 is 0 Å². The van der Waals surface area contributed by atoms with Gasteiger partial charge in [-0.1, -0.05) is 38.1 Å². The smallest absolute Gasteiger partial charge is 0.263 e. The first-order chi connectivity index (χ1) is 21.5. The van der Waals surface area contributed by atoms with E-state index in [0.717, 1.165) is 16.7 Å². The Kier molecular flexibility index (Phi) is 7.45. The first kappa shape index (κ1) is 29.7. The van der Waals surface area contributed by atoms with Gasteiger partial charge in [-0.3, -0.25) is 4.98 Å². The van der Waals surface area contributed by atoms with Crippen molar-refractivity contribution < 1.29 is 13.2 Å². The maximum Gasteiger partial charge on any atom is 0.263 e. The average Bonchev–Trinajstić information content (AvgIpc) is 3.39. The van der Waals surface area contributed by atoms with Gasteiger partial charge in [-0.25, -0.2) is 18.4 Å². The number of anilines is 2. The molecule has 0 aliphatic heterocycles. The quantitative estimate of drug-likeness (QED) is 0.182. The summed E-state index contributed by atoms with van der Waals surface area (Å²) >= 11 is 0. The van der Waals surface area contributed by atoms with Crippen LogP contribution < -0.4 is 10.6 Å². The number of fused-ring (bicyclic) bond motifs is 1. The number of nitrogens with zero attached hydrogens (tertiary/aromatic N) is 7. The van der Waals surface area contributed by atoms with Gasteiger partial charge < -0.3 is 15.1 Å². The Morgan fingerprint density at radius 1 is 1.11 bits per heavy atom. The number of benzene rings is 2. The van der Waals surface area contributed by atoms with Crippen LogP contribution in [0.5, 0.6) is 0 Å². The van der Waals surface area contributed by atoms with Crippen LogP contribution in [-0.2, 0) is 5.54 Å². The number of aromatic nitrogens is 5. The second-order valence-electron chi connectivity index (χ2n) is 12.5. The summed E-state index contributed by atoms with van der Waals surface area (Å²) in [4.78, 5) is 8.75. The Bertz CT molecular complexity index is 1960. The van der Waals surface area contributed by atoms with Crippen LogP contribution in [0.3, 0.4) is 0 Å². The molecular formula is C33H31F2N9O. The Morgan fingerprint density at radius 3 is 2.53 bits per heavy atom. The summed E-state index contributed by atoms with van der Waals surface area (Å²) in [5, 5.41) is 36.0. The highest BCUT2D eigenvalue weighted by Crippen LogP contribution is 2.48. The minimum atomic E-state index is -2.58. The van der Waals surface area contributed by atoms with Crippen molar-refractivity contribution in [2.24, 2.45) is 5.41 Å². The summed E-state index contributed by atoms with van der Waals surface area (Å²) in [6.45, 7) is 8.74. The molecule has 228 valence electrons. The van der Waals surface area contributed by atoms with Gasteiger partial charge in [0.25, 0.3) is 6.43 Å². The van der Waals surface area contributed by atoms with Crippen LogP contribution in [0.2, 0.25) is 0 Å². The summed E-state index contributed by atoms with van der Waals surface area (Å²) in [5.41, 5.74) is 3.60. The fourth-order valence-corrected chi connectivity index (χ4v) is 5.43. The molecule has 0 amide bonds. The van der Waals surface area contributed by atoms with Crippen LogP contribution >= 0.6 is 0 Å². The van der Waals surface area contributed by atoms with Gasteiger partial charge in [0.2, 0.25) is 5.89 Å². The Labute approximate surface area is 258 Å². The lowest BCUT2D eigenvalue weighted by atomic mass is 9.94. The van der Waals surface area contributed by atoms with Crippen LogP contribution in [0, 0.1) is 35.0 Å². The van der Waals surface area contributed by atoms with Gasteiger partial charge in [-0.2, -0.15) is 10.5 Å². The molecule has 3 heterocycles. The molecule has 5 aromatic rings. The van der Waals surface area contributed by atoms with E-state index < -0.39 is 18.0 Å². The standard InChI is InChI=1S/C33H31F2N9O/c1-19-23(6-5-7-24(19)30-38-10-11-45-30)29(26-17-44(43-42-26)33(8-9-33)31(34)35)41-22-12-20(14-36)27-25(13-22)28(21(15-37)16-39-27)40-18-32(2,3)4/h5-7,10-13,16-17,29,31,41H,8-9,18H2,1-4H3,(H,39,40)/t29-/m0/s1. The minimum absolute atomic E-state index is 0.0876. The monoisotopic (exact) mass is 607 g/mol. The number of alkyl halides is 2. The fraction of sp³-hybridized carbons (Fsp3) is 0.333. The van der Waals surface area contributed by atoms with E-state index in [1.54, 1.807) is 18.5 Å². The van der Waals surface area contributed by atoms with Gasteiger partial charge in [0, 0.05) is 29.4 Å². The van der Waals surface area contributed by atoms with Crippen LogP contribution in [0.4, 0.5) is 20.2 Å². The molecule has 0 saturated heterocycles. The van der Waals surface area contributed by atoms with E-state index in [1.165, 1.54) is 17.1 Å². The number of pyridine rings is 1. The lowest BCUT2D eigenvalue weighted by Crippen LogP contribution is -2.26. The molecule has 10 nitrogen and oxygen atoms in total. The fourth-order valence-electron chi connectivity index (χ4n) is 5.43. The Morgan fingerprint density at radius 2 is 1.89 bits per heavy atom. The summed E-state index contributed by atoms with van der Waals surface area (Å²) in [7, 11) is 0. The summed E-state index contributed by atoms with van der Waals surface area (Å²) in [5.74, 6) is 0.438. The molecule has 1 aliphatic rings. The number of hydrogen-bond donors (Lipinski definition) is 2. The molecule has 0 unspecified atom stereocenters. The van der Waals surface area contributed by atoms with Crippen molar-refractivity contribution >= 4 is 22.3 Å². The molecule has 1 saturated carbocycles. The highest BCUT2D eigenvalue weighted by molar-refractivity contribution is 5.99. The topological polar surface area (TPSA) is 141 Å². The molecule has 6 rings (SSSR count). The maximum absolute atomic E-state index is 14.0. The van der Waals surface area contributed by atoms with Gasteiger partial charge in [0.15, 0.2) is 0 Å². The van der Waals surface area contributed by atoms with Gasteiger partial charge in [-0.05, 0) is 54.5 Å². The van der Waals surface area contributed by atoms with Crippen LogP contribution in [-0.4, -0.2) is 37.9 Å². The summed E-state index contributed by atoms with van der Waals surface area (Å²) in [6, 6.07) is 13.0. The van der Waals surface area contributed by atoms with E-state index in [2.05, 4.69) is 63.8 Å². The molecular weight excluding hydrogens is 576 g/mol. The lowest BCUT2D eigenvalue weighted by Gasteiger charge is -2.23. The highest BCUT2D eigenvalue weighted by Gasteiger charge is 2.54. The SMILES string of the molecule is Cc1c(-c2ncco2)cccc1[C@H](Nc1cc(C#N)c2ncc(C#N)c(NCC(C)(C)C)c2c1)c1cn(C2(C(F)F)CC2)nn1. The third-order valence-corrected chi connectivity index (χ3v) is 8.10. The first-order valence-electron chi connectivity index (χ1n) is 14.5. The molecule has 3 aromatic heterocycles.